The van der Waals surface area contributed by atoms with Gasteiger partial charge in [0.15, 0.2) is 5.79 Å². The number of carbonyl (C=O) groups is 1. The summed E-state index contributed by atoms with van der Waals surface area (Å²) in [5.74, 6) is 4.44. The maximum absolute atomic E-state index is 12.6. The van der Waals surface area contributed by atoms with E-state index in [1.54, 1.807) is 0 Å². The Hall–Kier alpha value is -0.650. The van der Waals surface area contributed by atoms with Crippen LogP contribution in [0.4, 0.5) is 0 Å². The molecule has 0 aromatic heterocycles. The number of ether oxygens (including phenoxy) is 3. The van der Waals surface area contributed by atoms with Crippen LogP contribution >= 0.6 is 0 Å². The van der Waals surface area contributed by atoms with Crippen LogP contribution in [-0.2, 0) is 19.0 Å². The average Bonchev–Trinajstić information content (AvgIpc) is 3.30. The van der Waals surface area contributed by atoms with Crippen LogP contribution in [0.5, 0.6) is 0 Å². The molecule has 4 aliphatic carbocycles. The summed E-state index contributed by atoms with van der Waals surface area (Å²) in [6.45, 7) is 14.8. The molecule has 0 radical (unpaired) electrons. The molecule has 0 bridgehead atoms. The van der Waals surface area contributed by atoms with E-state index in [1.807, 2.05) is 13.8 Å². The predicted octanol–water partition coefficient (Wildman–Crippen LogP) is 6.33. The molecular formula is C32H53NO4. The maximum Gasteiger partial charge on any atom is 0.323 e. The third-order valence-electron chi connectivity index (χ3n) is 13.2. The van der Waals surface area contributed by atoms with E-state index in [0.29, 0.717) is 40.6 Å². The lowest BCUT2D eigenvalue weighted by molar-refractivity contribution is -0.273. The van der Waals surface area contributed by atoms with Crippen LogP contribution in [0.25, 0.3) is 0 Å². The van der Waals surface area contributed by atoms with Crippen molar-refractivity contribution in [1.82, 2.24) is 0 Å². The lowest BCUT2D eigenvalue weighted by Crippen LogP contribution is -2.55. The Kier molecular flexibility index (Phi) is 6.60. The molecule has 5 nitrogen and oxygen atoms in total. The second kappa shape index (κ2) is 9.20. The SMILES string of the molecule is CC(C)C(N)C(=O)O[C@@H]1CC[C@@]2(C)C(CCC3C2CC[C@@]2(C)C3CC3O[C@]4(CC[C@H](C)CO4)C(C)C32)C1. The molecule has 6 rings (SSSR count). The summed E-state index contributed by atoms with van der Waals surface area (Å²) in [7, 11) is 0. The number of nitrogens with two attached hydrogens (primary N) is 1. The molecule has 2 aliphatic heterocycles. The van der Waals surface area contributed by atoms with Crippen molar-refractivity contribution in [3.05, 3.63) is 0 Å². The molecule has 1 spiro atoms. The zero-order chi connectivity index (χ0) is 26.3. The fourth-order valence-corrected chi connectivity index (χ4v) is 10.9. The minimum atomic E-state index is -0.506. The molecule has 0 aromatic rings. The quantitative estimate of drug-likeness (QED) is 0.445. The summed E-state index contributed by atoms with van der Waals surface area (Å²) in [5, 5.41) is 0. The summed E-state index contributed by atoms with van der Waals surface area (Å²) >= 11 is 0. The van der Waals surface area contributed by atoms with Gasteiger partial charge in [0.25, 0.3) is 0 Å². The van der Waals surface area contributed by atoms with Crippen molar-refractivity contribution in [1.29, 1.82) is 0 Å². The first kappa shape index (κ1) is 26.6. The van der Waals surface area contributed by atoms with Gasteiger partial charge in [-0.2, -0.15) is 0 Å². The zero-order valence-electron chi connectivity index (χ0n) is 24.3. The van der Waals surface area contributed by atoms with Crippen LogP contribution in [0.3, 0.4) is 0 Å². The van der Waals surface area contributed by atoms with Crippen LogP contribution in [0.15, 0.2) is 0 Å². The molecule has 210 valence electrons. The Morgan fingerprint density at radius 2 is 1.70 bits per heavy atom. The average molecular weight is 516 g/mol. The molecule has 0 amide bonds. The van der Waals surface area contributed by atoms with Crippen LogP contribution < -0.4 is 5.73 Å². The zero-order valence-corrected chi connectivity index (χ0v) is 24.3. The van der Waals surface area contributed by atoms with Crippen LogP contribution in [0.2, 0.25) is 0 Å². The van der Waals surface area contributed by atoms with Gasteiger partial charge in [-0.15, -0.1) is 0 Å². The molecule has 37 heavy (non-hydrogen) atoms. The highest BCUT2D eigenvalue weighted by molar-refractivity contribution is 5.75. The van der Waals surface area contributed by atoms with Gasteiger partial charge in [-0.05, 0) is 110 Å². The van der Waals surface area contributed by atoms with E-state index < -0.39 is 6.04 Å². The van der Waals surface area contributed by atoms with E-state index in [4.69, 9.17) is 19.9 Å². The highest BCUT2D eigenvalue weighted by Gasteiger charge is 2.69. The summed E-state index contributed by atoms with van der Waals surface area (Å²) < 4.78 is 19.4. The van der Waals surface area contributed by atoms with Gasteiger partial charge in [0, 0.05) is 12.3 Å². The first-order chi connectivity index (χ1) is 17.5. The third kappa shape index (κ3) is 3.98. The smallest absolute Gasteiger partial charge is 0.323 e. The van der Waals surface area contributed by atoms with E-state index in [0.717, 1.165) is 43.6 Å². The maximum atomic E-state index is 12.6. The van der Waals surface area contributed by atoms with Crippen LogP contribution in [-0.4, -0.2) is 36.6 Å². The third-order valence-corrected chi connectivity index (χ3v) is 13.2. The lowest BCUT2D eigenvalue weighted by atomic mass is 9.44. The van der Waals surface area contributed by atoms with E-state index in [-0.39, 0.29) is 23.8 Å². The number of fused-ring (bicyclic) bond motifs is 7. The predicted molar refractivity (Wildman–Crippen MR) is 144 cm³/mol. The van der Waals surface area contributed by atoms with Crippen LogP contribution in [0.1, 0.15) is 106 Å². The van der Waals surface area contributed by atoms with Crippen molar-refractivity contribution < 1.29 is 19.0 Å². The monoisotopic (exact) mass is 515 g/mol. The molecule has 0 aromatic carbocycles. The van der Waals surface area contributed by atoms with Gasteiger partial charge in [-0.1, -0.05) is 41.5 Å². The fraction of sp³-hybridized carbons (Fsp3) is 0.969. The standard InChI is InChI=1S/C32H53NO4/c1-18(2)28(33)29(34)36-22-10-12-30(5)21(15-22)7-8-23-24(30)11-13-31(6)25(23)16-26-27(31)20(4)32(37-26)14-9-19(3)17-35-32/h18-28H,7-17,33H2,1-6H3/t19-,20?,21?,22+,23?,24?,25?,26?,27?,28?,30-,31-,32+/m0/s1. The van der Waals surface area contributed by atoms with E-state index >= 15 is 0 Å². The molecular weight excluding hydrogens is 462 g/mol. The lowest BCUT2D eigenvalue weighted by Gasteiger charge is -2.61. The van der Waals surface area contributed by atoms with Crippen molar-refractivity contribution >= 4 is 5.97 Å². The molecule has 6 fully saturated rings. The molecule has 2 heterocycles. The number of esters is 1. The number of hydrogen-bond acceptors (Lipinski definition) is 5. The normalized spacial score (nSPS) is 53.8. The second-order valence-corrected chi connectivity index (χ2v) is 15.3. The summed E-state index contributed by atoms with van der Waals surface area (Å²) in [4.78, 5) is 12.6. The van der Waals surface area contributed by atoms with E-state index in [2.05, 4.69) is 27.7 Å². The van der Waals surface area contributed by atoms with Gasteiger partial charge in [-0.25, -0.2) is 0 Å². The summed E-state index contributed by atoms with van der Waals surface area (Å²) in [6.07, 6.45) is 12.5. The molecule has 4 saturated carbocycles. The van der Waals surface area contributed by atoms with Gasteiger partial charge in [-0.3, -0.25) is 4.79 Å². The first-order valence-electron chi connectivity index (χ1n) is 15.8. The highest BCUT2D eigenvalue weighted by Crippen LogP contribution is 2.71. The van der Waals surface area contributed by atoms with Gasteiger partial charge >= 0.3 is 5.97 Å². The van der Waals surface area contributed by atoms with Crippen molar-refractivity contribution in [3.63, 3.8) is 0 Å². The fourth-order valence-electron chi connectivity index (χ4n) is 10.9. The van der Waals surface area contributed by atoms with Crippen LogP contribution in [0, 0.1) is 58.2 Å². The number of rotatable bonds is 3. The highest BCUT2D eigenvalue weighted by atomic mass is 16.7. The van der Waals surface area contributed by atoms with E-state index in [1.165, 1.54) is 44.9 Å². The molecule has 2 saturated heterocycles. The molecule has 13 atom stereocenters. The molecule has 8 unspecified atom stereocenters. The van der Waals surface area contributed by atoms with Crippen molar-refractivity contribution in [3.8, 4) is 0 Å². The minimum absolute atomic E-state index is 0.0512. The molecule has 5 heteroatoms. The number of carbonyl (C=O) groups excluding carboxylic acids is 1. The summed E-state index contributed by atoms with van der Waals surface area (Å²) in [5.41, 5.74) is 6.85. The van der Waals surface area contributed by atoms with Gasteiger partial charge in [0.1, 0.15) is 12.1 Å². The van der Waals surface area contributed by atoms with Gasteiger partial charge in [0.2, 0.25) is 0 Å². The molecule has 6 aliphatic rings. The van der Waals surface area contributed by atoms with Gasteiger partial charge < -0.3 is 19.9 Å². The Bertz CT molecular complexity index is 882. The Morgan fingerprint density at radius 3 is 2.41 bits per heavy atom. The minimum Gasteiger partial charge on any atom is -0.461 e. The first-order valence-corrected chi connectivity index (χ1v) is 15.8. The largest absolute Gasteiger partial charge is 0.461 e. The Morgan fingerprint density at radius 1 is 0.946 bits per heavy atom. The number of hydrogen-bond donors (Lipinski definition) is 1. The summed E-state index contributed by atoms with van der Waals surface area (Å²) in [6, 6.07) is -0.506. The molecule has 2 N–H and O–H groups in total. The van der Waals surface area contributed by atoms with Crippen molar-refractivity contribution in [2.75, 3.05) is 6.61 Å². The van der Waals surface area contributed by atoms with Crippen molar-refractivity contribution in [2.24, 2.45) is 63.9 Å². The second-order valence-electron chi connectivity index (χ2n) is 15.3. The Labute approximate surface area is 225 Å². The van der Waals surface area contributed by atoms with Crippen molar-refractivity contribution in [2.45, 2.75) is 130 Å². The topological polar surface area (TPSA) is 70.8 Å². The Balaban J connectivity index is 1.15. The van der Waals surface area contributed by atoms with Gasteiger partial charge in [0.05, 0.1) is 12.7 Å². The van der Waals surface area contributed by atoms with E-state index in [9.17, 15) is 4.79 Å².